The lowest BCUT2D eigenvalue weighted by molar-refractivity contribution is 0.341. The van der Waals surface area contributed by atoms with Gasteiger partial charge in [0.2, 0.25) is 5.89 Å². The third-order valence-electron chi connectivity index (χ3n) is 3.93. The SMILES string of the molecule is CN1CCC(c2nc(CCCc3ccccc3)no2)C1. The van der Waals surface area contributed by atoms with Crippen LogP contribution in [0.4, 0.5) is 0 Å². The largest absolute Gasteiger partial charge is 0.339 e. The van der Waals surface area contributed by atoms with E-state index in [1.54, 1.807) is 0 Å². The number of likely N-dealkylation sites (tertiary alicyclic amines) is 1. The van der Waals surface area contributed by atoms with E-state index in [1.165, 1.54) is 5.56 Å². The van der Waals surface area contributed by atoms with Gasteiger partial charge in [0, 0.05) is 13.0 Å². The molecule has 106 valence electrons. The summed E-state index contributed by atoms with van der Waals surface area (Å²) in [7, 11) is 2.14. The molecular weight excluding hydrogens is 250 g/mol. The standard InChI is InChI=1S/C16H21N3O/c1-19-11-10-14(12-19)16-17-15(18-20-16)9-5-8-13-6-3-2-4-7-13/h2-4,6-7,14H,5,8-12H2,1H3. The Hall–Kier alpha value is -1.68. The predicted octanol–water partition coefficient (Wildman–Crippen LogP) is 2.66. The van der Waals surface area contributed by atoms with Gasteiger partial charge in [-0.3, -0.25) is 0 Å². The highest BCUT2D eigenvalue weighted by Crippen LogP contribution is 2.24. The lowest BCUT2D eigenvalue weighted by Gasteiger charge is -2.05. The van der Waals surface area contributed by atoms with Crippen LogP contribution in [0.1, 0.15) is 36.0 Å². The van der Waals surface area contributed by atoms with Gasteiger partial charge in [-0.1, -0.05) is 35.5 Å². The number of hydrogen-bond donors (Lipinski definition) is 0. The number of rotatable bonds is 5. The number of hydrogen-bond acceptors (Lipinski definition) is 4. The van der Waals surface area contributed by atoms with Gasteiger partial charge in [-0.05, 0) is 38.4 Å². The second kappa shape index (κ2) is 6.18. The quantitative estimate of drug-likeness (QED) is 0.838. The Labute approximate surface area is 119 Å². The molecule has 1 aliphatic rings. The molecule has 0 amide bonds. The zero-order valence-electron chi connectivity index (χ0n) is 12.0. The zero-order chi connectivity index (χ0) is 13.8. The van der Waals surface area contributed by atoms with Crippen LogP contribution in [-0.4, -0.2) is 35.2 Å². The van der Waals surface area contributed by atoms with Crippen molar-refractivity contribution in [3.8, 4) is 0 Å². The maximum absolute atomic E-state index is 5.41. The first kappa shape index (κ1) is 13.3. The van der Waals surface area contributed by atoms with Crippen LogP contribution in [0.25, 0.3) is 0 Å². The first-order chi connectivity index (χ1) is 9.81. The molecule has 1 atom stereocenters. The molecule has 3 rings (SSSR count). The van der Waals surface area contributed by atoms with Crippen molar-refractivity contribution >= 4 is 0 Å². The van der Waals surface area contributed by atoms with Crippen LogP contribution >= 0.6 is 0 Å². The van der Waals surface area contributed by atoms with E-state index in [4.69, 9.17) is 4.52 Å². The molecule has 2 heterocycles. The molecule has 0 radical (unpaired) electrons. The maximum Gasteiger partial charge on any atom is 0.231 e. The number of nitrogens with zero attached hydrogens (tertiary/aromatic N) is 3. The number of aromatic nitrogens is 2. The summed E-state index contributed by atoms with van der Waals surface area (Å²) in [5.74, 6) is 2.10. The normalized spacial score (nSPS) is 19.6. The summed E-state index contributed by atoms with van der Waals surface area (Å²) in [5.41, 5.74) is 1.37. The Morgan fingerprint density at radius 1 is 1.25 bits per heavy atom. The first-order valence-electron chi connectivity index (χ1n) is 7.36. The molecule has 1 aromatic carbocycles. The Morgan fingerprint density at radius 2 is 2.10 bits per heavy atom. The lowest BCUT2D eigenvalue weighted by Crippen LogP contribution is -2.13. The second-order valence-electron chi connectivity index (χ2n) is 5.64. The molecule has 0 N–H and O–H groups in total. The monoisotopic (exact) mass is 271 g/mol. The van der Waals surface area contributed by atoms with E-state index >= 15 is 0 Å². The average molecular weight is 271 g/mol. The molecule has 1 unspecified atom stereocenters. The fourth-order valence-electron chi connectivity index (χ4n) is 2.77. The van der Waals surface area contributed by atoms with Crippen molar-refractivity contribution in [1.29, 1.82) is 0 Å². The fraction of sp³-hybridized carbons (Fsp3) is 0.500. The summed E-state index contributed by atoms with van der Waals surface area (Å²) in [6.07, 6.45) is 4.15. The van der Waals surface area contributed by atoms with E-state index in [2.05, 4.69) is 46.4 Å². The minimum absolute atomic E-state index is 0.426. The molecule has 0 aliphatic carbocycles. The van der Waals surface area contributed by atoms with Crippen molar-refractivity contribution in [3.05, 3.63) is 47.6 Å². The number of benzene rings is 1. The zero-order valence-corrected chi connectivity index (χ0v) is 12.0. The number of likely N-dealkylation sites (N-methyl/N-ethyl adjacent to an activating group) is 1. The third kappa shape index (κ3) is 3.25. The van der Waals surface area contributed by atoms with E-state index in [0.29, 0.717) is 5.92 Å². The summed E-state index contributed by atoms with van der Waals surface area (Å²) in [5, 5.41) is 4.11. The lowest BCUT2D eigenvalue weighted by atomic mass is 10.1. The van der Waals surface area contributed by atoms with Crippen molar-refractivity contribution in [2.75, 3.05) is 20.1 Å². The smallest absolute Gasteiger partial charge is 0.231 e. The Morgan fingerprint density at radius 3 is 2.85 bits per heavy atom. The minimum Gasteiger partial charge on any atom is -0.339 e. The highest BCUT2D eigenvalue weighted by Gasteiger charge is 2.26. The molecule has 1 saturated heterocycles. The summed E-state index contributed by atoms with van der Waals surface area (Å²) in [6, 6.07) is 10.5. The van der Waals surface area contributed by atoms with Crippen LogP contribution in [0.2, 0.25) is 0 Å². The van der Waals surface area contributed by atoms with Crippen molar-refractivity contribution in [2.45, 2.75) is 31.6 Å². The van der Waals surface area contributed by atoms with E-state index < -0.39 is 0 Å². The van der Waals surface area contributed by atoms with Crippen molar-refractivity contribution < 1.29 is 4.52 Å². The first-order valence-corrected chi connectivity index (χ1v) is 7.36. The molecule has 2 aromatic rings. The van der Waals surface area contributed by atoms with Crippen LogP contribution in [0.5, 0.6) is 0 Å². The van der Waals surface area contributed by atoms with Gasteiger partial charge in [0.25, 0.3) is 0 Å². The van der Waals surface area contributed by atoms with Gasteiger partial charge < -0.3 is 9.42 Å². The highest BCUT2D eigenvalue weighted by atomic mass is 16.5. The van der Waals surface area contributed by atoms with Crippen molar-refractivity contribution in [2.24, 2.45) is 0 Å². The van der Waals surface area contributed by atoms with Crippen molar-refractivity contribution in [1.82, 2.24) is 15.0 Å². The van der Waals surface area contributed by atoms with E-state index in [9.17, 15) is 0 Å². The minimum atomic E-state index is 0.426. The molecule has 1 fully saturated rings. The topological polar surface area (TPSA) is 42.2 Å². The maximum atomic E-state index is 5.41. The molecule has 1 aromatic heterocycles. The van der Waals surface area contributed by atoms with Crippen LogP contribution in [0.15, 0.2) is 34.9 Å². The Balaban J connectivity index is 1.50. The molecule has 0 spiro atoms. The molecule has 0 saturated carbocycles. The third-order valence-corrected chi connectivity index (χ3v) is 3.93. The second-order valence-corrected chi connectivity index (χ2v) is 5.64. The molecular formula is C16H21N3O. The molecule has 4 nitrogen and oxygen atoms in total. The summed E-state index contributed by atoms with van der Waals surface area (Å²) in [6.45, 7) is 2.15. The average Bonchev–Trinajstić information content (AvgIpc) is 3.09. The summed E-state index contributed by atoms with van der Waals surface area (Å²) < 4.78 is 5.41. The fourth-order valence-corrected chi connectivity index (χ4v) is 2.77. The van der Waals surface area contributed by atoms with Crippen LogP contribution in [0.3, 0.4) is 0 Å². The van der Waals surface area contributed by atoms with Gasteiger partial charge in [-0.25, -0.2) is 0 Å². The van der Waals surface area contributed by atoms with E-state index in [0.717, 1.165) is 50.5 Å². The van der Waals surface area contributed by atoms with Crippen LogP contribution in [0, 0.1) is 0 Å². The molecule has 20 heavy (non-hydrogen) atoms. The van der Waals surface area contributed by atoms with Crippen LogP contribution in [-0.2, 0) is 12.8 Å². The van der Waals surface area contributed by atoms with Gasteiger partial charge in [0.15, 0.2) is 5.82 Å². The van der Waals surface area contributed by atoms with Crippen molar-refractivity contribution in [3.63, 3.8) is 0 Å². The molecule has 0 bridgehead atoms. The molecule has 1 aliphatic heterocycles. The van der Waals surface area contributed by atoms with Gasteiger partial charge in [0.05, 0.1) is 5.92 Å². The Bertz CT molecular complexity index is 538. The van der Waals surface area contributed by atoms with Gasteiger partial charge in [-0.2, -0.15) is 4.98 Å². The predicted molar refractivity (Wildman–Crippen MR) is 77.6 cm³/mol. The number of aryl methyl sites for hydroxylation is 2. The molecule has 4 heteroatoms. The summed E-state index contributed by atoms with van der Waals surface area (Å²) >= 11 is 0. The van der Waals surface area contributed by atoms with E-state index in [-0.39, 0.29) is 0 Å². The van der Waals surface area contributed by atoms with E-state index in [1.807, 2.05) is 6.07 Å². The van der Waals surface area contributed by atoms with Gasteiger partial charge >= 0.3 is 0 Å². The van der Waals surface area contributed by atoms with Crippen LogP contribution < -0.4 is 0 Å². The highest BCUT2D eigenvalue weighted by molar-refractivity contribution is 5.14. The Kier molecular flexibility index (Phi) is 4.11. The summed E-state index contributed by atoms with van der Waals surface area (Å²) in [4.78, 5) is 6.86. The van der Waals surface area contributed by atoms with Gasteiger partial charge in [-0.15, -0.1) is 0 Å². The van der Waals surface area contributed by atoms with Gasteiger partial charge in [0.1, 0.15) is 0 Å².